The zero-order valence-electron chi connectivity index (χ0n) is 13.4. The predicted molar refractivity (Wildman–Crippen MR) is 100 cm³/mol. The Bertz CT molecular complexity index is 726. The summed E-state index contributed by atoms with van der Waals surface area (Å²) in [5.74, 6) is 0. The van der Waals surface area contributed by atoms with Crippen LogP contribution in [0.4, 0.5) is 16.2 Å². The van der Waals surface area contributed by atoms with Gasteiger partial charge in [0.2, 0.25) is 0 Å². The molecule has 0 bridgehead atoms. The number of hydrogen-bond acceptors (Lipinski definition) is 2. The maximum atomic E-state index is 12.4. The van der Waals surface area contributed by atoms with Gasteiger partial charge in [0.1, 0.15) is 0 Å². The van der Waals surface area contributed by atoms with E-state index in [0.717, 1.165) is 35.1 Å². The van der Waals surface area contributed by atoms with Gasteiger partial charge in [-0.3, -0.25) is 0 Å². The number of rotatable bonds is 2. The highest BCUT2D eigenvalue weighted by Gasteiger charge is 2.22. The lowest BCUT2D eigenvalue weighted by Gasteiger charge is -2.36. The highest BCUT2D eigenvalue weighted by atomic mass is 35.5. The monoisotopic (exact) mass is 363 g/mol. The Hall–Kier alpha value is -1.91. The minimum absolute atomic E-state index is 0.0835. The molecule has 0 aliphatic carbocycles. The molecule has 0 spiro atoms. The summed E-state index contributed by atoms with van der Waals surface area (Å²) in [6.07, 6.45) is 0. The van der Waals surface area contributed by atoms with Gasteiger partial charge < -0.3 is 15.1 Å². The SMILES string of the molecule is Cc1c(Cl)cccc1N1CCN(C(=O)Nc2ccc(Cl)cc2)CC1. The lowest BCUT2D eigenvalue weighted by molar-refractivity contribution is 0.208. The molecule has 4 nitrogen and oxygen atoms in total. The number of carbonyl (C=O) groups excluding carboxylic acids is 1. The van der Waals surface area contributed by atoms with Crippen LogP contribution in [0.25, 0.3) is 0 Å². The first kappa shape index (κ1) is 16.9. The van der Waals surface area contributed by atoms with Crippen molar-refractivity contribution in [3.63, 3.8) is 0 Å². The second-order valence-corrected chi connectivity index (χ2v) is 6.64. The standard InChI is InChI=1S/C18H19Cl2N3O/c1-13-16(20)3-2-4-17(13)22-9-11-23(12-10-22)18(24)21-15-7-5-14(19)6-8-15/h2-8H,9-12H2,1H3,(H,21,24). The normalized spacial score (nSPS) is 14.6. The summed E-state index contributed by atoms with van der Waals surface area (Å²) >= 11 is 12.1. The summed E-state index contributed by atoms with van der Waals surface area (Å²) in [7, 11) is 0. The van der Waals surface area contributed by atoms with Gasteiger partial charge in [-0.25, -0.2) is 4.79 Å². The number of piperazine rings is 1. The second kappa shape index (κ2) is 7.32. The van der Waals surface area contributed by atoms with Crippen LogP contribution in [0.5, 0.6) is 0 Å². The van der Waals surface area contributed by atoms with E-state index >= 15 is 0 Å². The van der Waals surface area contributed by atoms with Gasteiger partial charge in [0, 0.05) is 47.6 Å². The lowest BCUT2D eigenvalue weighted by Crippen LogP contribution is -2.50. The molecule has 0 atom stereocenters. The summed E-state index contributed by atoms with van der Waals surface area (Å²) in [5, 5.41) is 4.33. The van der Waals surface area contributed by atoms with Crippen LogP contribution < -0.4 is 10.2 Å². The fraction of sp³-hybridized carbons (Fsp3) is 0.278. The molecule has 0 unspecified atom stereocenters. The Morgan fingerprint density at radius 2 is 1.67 bits per heavy atom. The van der Waals surface area contributed by atoms with Gasteiger partial charge in [0.25, 0.3) is 0 Å². The van der Waals surface area contributed by atoms with Crippen molar-refractivity contribution in [2.75, 3.05) is 36.4 Å². The topological polar surface area (TPSA) is 35.6 Å². The second-order valence-electron chi connectivity index (χ2n) is 5.80. The maximum absolute atomic E-state index is 12.4. The Labute approximate surface area is 152 Å². The molecular weight excluding hydrogens is 345 g/mol. The molecule has 0 radical (unpaired) electrons. The number of nitrogens with one attached hydrogen (secondary N) is 1. The number of hydrogen-bond donors (Lipinski definition) is 1. The van der Waals surface area contributed by atoms with Crippen molar-refractivity contribution >= 4 is 40.6 Å². The molecule has 3 rings (SSSR count). The van der Waals surface area contributed by atoms with Crippen LogP contribution in [0.1, 0.15) is 5.56 Å². The number of benzene rings is 2. The van der Waals surface area contributed by atoms with Gasteiger partial charge in [-0.1, -0.05) is 29.3 Å². The highest BCUT2D eigenvalue weighted by Crippen LogP contribution is 2.27. The van der Waals surface area contributed by atoms with Gasteiger partial charge in [-0.05, 0) is 48.9 Å². The van der Waals surface area contributed by atoms with Crippen LogP contribution in [-0.4, -0.2) is 37.1 Å². The van der Waals surface area contributed by atoms with E-state index in [0.29, 0.717) is 18.1 Å². The van der Waals surface area contributed by atoms with E-state index in [1.54, 1.807) is 24.3 Å². The molecule has 126 valence electrons. The minimum atomic E-state index is -0.0835. The quantitative estimate of drug-likeness (QED) is 0.842. The smallest absolute Gasteiger partial charge is 0.321 e. The minimum Gasteiger partial charge on any atom is -0.368 e. The molecule has 1 saturated heterocycles. The molecule has 2 amide bonds. The predicted octanol–water partition coefficient (Wildman–Crippen LogP) is 4.66. The van der Waals surface area contributed by atoms with Crippen LogP contribution in [0, 0.1) is 6.92 Å². The first-order chi connectivity index (χ1) is 11.5. The van der Waals surface area contributed by atoms with E-state index in [9.17, 15) is 4.79 Å². The van der Waals surface area contributed by atoms with Gasteiger partial charge in [0.15, 0.2) is 0 Å². The van der Waals surface area contributed by atoms with Gasteiger partial charge >= 0.3 is 6.03 Å². The Morgan fingerprint density at radius 3 is 2.33 bits per heavy atom. The number of carbonyl (C=O) groups is 1. The molecule has 0 saturated carbocycles. The number of amides is 2. The van der Waals surface area contributed by atoms with Crippen molar-refractivity contribution in [2.45, 2.75) is 6.92 Å². The fourth-order valence-corrected chi connectivity index (χ4v) is 3.12. The van der Waals surface area contributed by atoms with Crippen molar-refractivity contribution in [3.8, 4) is 0 Å². The summed E-state index contributed by atoms with van der Waals surface area (Å²) in [6.45, 7) is 4.94. The van der Waals surface area contributed by atoms with Crippen LogP contribution >= 0.6 is 23.2 Å². The zero-order chi connectivity index (χ0) is 17.1. The largest absolute Gasteiger partial charge is 0.368 e. The molecule has 1 aliphatic heterocycles. The van der Waals surface area contributed by atoms with Gasteiger partial charge in [-0.2, -0.15) is 0 Å². The Balaban J connectivity index is 1.59. The zero-order valence-corrected chi connectivity index (χ0v) is 14.9. The van der Waals surface area contributed by atoms with E-state index in [2.05, 4.69) is 16.3 Å². The summed E-state index contributed by atoms with van der Waals surface area (Å²) in [4.78, 5) is 16.5. The van der Waals surface area contributed by atoms with E-state index in [1.807, 2.05) is 24.0 Å². The van der Waals surface area contributed by atoms with Crippen LogP contribution in [-0.2, 0) is 0 Å². The molecule has 1 fully saturated rings. The number of halogens is 2. The summed E-state index contributed by atoms with van der Waals surface area (Å²) in [6, 6.07) is 13.0. The molecule has 2 aromatic rings. The maximum Gasteiger partial charge on any atom is 0.321 e. The van der Waals surface area contributed by atoms with Gasteiger partial charge in [0.05, 0.1) is 0 Å². The van der Waals surface area contributed by atoms with Crippen LogP contribution in [0.2, 0.25) is 10.0 Å². The summed E-state index contributed by atoms with van der Waals surface area (Å²) in [5.41, 5.74) is 2.97. The fourth-order valence-electron chi connectivity index (χ4n) is 2.82. The summed E-state index contributed by atoms with van der Waals surface area (Å²) < 4.78 is 0. The molecule has 1 N–H and O–H groups in total. The number of nitrogens with zero attached hydrogens (tertiary/aromatic N) is 2. The number of urea groups is 1. The molecular formula is C18H19Cl2N3O. The first-order valence-corrected chi connectivity index (χ1v) is 8.62. The molecule has 2 aromatic carbocycles. The average molecular weight is 364 g/mol. The van der Waals surface area contributed by atoms with Crippen molar-refractivity contribution in [1.29, 1.82) is 0 Å². The van der Waals surface area contributed by atoms with Crippen molar-refractivity contribution in [3.05, 3.63) is 58.1 Å². The van der Waals surface area contributed by atoms with Gasteiger partial charge in [-0.15, -0.1) is 0 Å². The van der Waals surface area contributed by atoms with Crippen LogP contribution in [0.15, 0.2) is 42.5 Å². The van der Waals surface area contributed by atoms with Crippen LogP contribution in [0.3, 0.4) is 0 Å². The van der Waals surface area contributed by atoms with E-state index in [-0.39, 0.29) is 6.03 Å². The number of anilines is 2. The van der Waals surface area contributed by atoms with Crippen molar-refractivity contribution in [2.24, 2.45) is 0 Å². The first-order valence-electron chi connectivity index (χ1n) is 7.86. The van der Waals surface area contributed by atoms with E-state index in [1.165, 1.54) is 0 Å². The Morgan fingerprint density at radius 1 is 1.00 bits per heavy atom. The van der Waals surface area contributed by atoms with E-state index < -0.39 is 0 Å². The molecule has 1 aliphatic rings. The third-order valence-electron chi connectivity index (χ3n) is 4.24. The third kappa shape index (κ3) is 3.77. The third-order valence-corrected chi connectivity index (χ3v) is 4.90. The lowest BCUT2D eigenvalue weighted by atomic mass is 10.1. The van der Waals surface area contributed by atoms with Crippen molar-refractivity contribution < 1.29 is 4.79 Å². The molecule has 0 aromatic heterocycles. The Kier molecular flexibility index (Phi) is 5.17. The molecule has 1 heterocycles. The molecule has 24 heavy (non-hydrogen) atoms. The molecule has 6 heteroatoms. The van der Waals surface area contributed by atoms with E-state index in [4.69, 9.17) is 23.2 Å². The average Bonchev–Trinajstić information content (AvgIpc) is 2.59. The van der Waals surface area contributed by atoms with Crippen molar-refractivity contribution in [1.82, 2.24) is 4.90 Å². The highest BCUT2D eigenvalue weighted by molar-refractivity contribution is 6.31.